The lowest BCUT2D eigenvalue weighted by atomic mass is 10.1. The van der Waals surface area contributed by atoms with E-state index in [1.165, 1.54) is 0 Å². The van der Waals surface area contributed by atoms with E-state index in [1.54, 1.807) is 24.8 Å². The molecule has 116 valence electrons. The van der Waals surface area contributed by atoms with Crippen LogP contribution in [-0.4, -0.2) is 28.0 Å². The molecule has 0 spiro atoms. The van der Waals surface area contributed by atoms with E-state index in [1.807, 2.05) is 31.2 Å². The van der Waals surface area contributed by atoms with E-state index in [4.69, 9.17) is 10.5 Å². The van der Waals surface area contributed by atoms with Gasteiger partial charge in [-0.2, -0.15) is 0 Å². The summed E-state index contributed by atoms with van der Waals surface area (Å²) in [5, 5.41) is 3.12. The lowest BCUT2D eigenvalue weighted by Gasteiger charge is -2.22. The fraction of sp³-hybridized carbons (Fsp3) is 0.312. The minimum absolute atomic E-state index is 0.352. The Balaban J connectivity index is 1.88. The zero-order valence-corrected chi connectivity index (χ0v) is 12.5. The maximum Gasteiger partial charge on any atom is 0.237 e. The highest BCUT2D eigenvalue weighted by Crippen LogP contribution is 2.06. The van der Waals surface area contributed by atoms with E-state index in [0.29, 0.717) is 13.2 Å². The summed E-state index contributed by atoms with van der Waals surface area (Å²) in [6, 6.07) is 6.96. The van der Waals surface area contributed by atoms with Crippen LogP contribution in [0.3, 0.4) is 0 Å². The molecule has 0 fully saturated rings. The molecule has 0 aliphatic rings. The topological polar surface area (TPSA) is 90.1 Å². The largest absolute Gasteiger partial charge is 0.372 e. The van der Waals surface area contributed by atoms with Gasteiger partial charge in [-0.15, -0.1) is 0 Å². The highest BCUT2D eigenvalue weighted by molar-refractivity contribution is 5.80. The number of pyridine rings is 2. The molecule has 2 atom stereocenters. The Morgan fingerprint density at radius 2 is 1.86 bits per heavy atom. The number of aromatic nitrogens is 2. The molecule has 1 amide bonds. The van der Waals surface area contributed by atoms with Crippen LogP contribution in [0.2, 0.25) is 0 Å². The average Bonchev–Trinajstić information content (AvgIpc) is 2.55. The molecule has 2 heterocycles. The number of rotatable bonds is 8. The van der Waals surface area contributed by atoms with Gasteiger partial charge in [-0.25, -0.2) is 0 Å². The number of ether oxygens (including phenoxy) is 1. The molecule has 0 saturated heterocycles. The second-order valence-corrected chi connectivity index (χ2v) is 5.00. The number of carbonyl (C=O) groups is 1. The van der Waals surface area contributed by atoms with Gasteiger partial charge in [0.15, 0.2) is 0 Å². The van der Waals surface area contributed by atoms with Gasteiger partial charge in [0.25, 0.3) is 0 Å². The number of hydrogen-bond donors (Lipinski definition) is 2. The second-order valence-electron chi connectivity index (χ2n) is 5.00. The van der Waals surface area contributed by atoms with Crippen molar-refractivity contribution in [3.8, 4) is 0 Å². The van der Waals surface area contributed by atoms with Crippen LogP contribution in [0, 0.1) is 0 Å². The Bertz CT molecular complexity index is 577. The molecule has 6 nitrogen and oxygen atoms in total. The van der Waals surface area contributed by atoms with Crippen molar-refractivity contribution < 1.29 is 9.53 Å². The van der Waals surface area contributed by atoms with Gasteiger partial charge in [-0.1, -0.05) is 12.1 Å². The van der Waals surface area contributed by atoms with Crippen molar-refractivity contribution in [2.45, 2.75) is 32.2 Å². The standard InChI is InChI=1S/C16H20N4O2/c1-12(22-11-14-5-3-7-19-9-14)15(16(17)21)20-10-13-4-2-6-18-8-13/h2-9,12,15,20H,10-11H2,1H3,(H2,17,21). The fourth-order valence-corrected chi connectivity index (χ4v) is 2.04. The fourth-order valence-electron chi connectivity index (χ4n) is 2.04. The van der Waals surface area contributed by atoms with Crippen molar-refractivity contribution in [1.82, 2.24) is 15.3 Å². The molecule has 0 aromatic carbocycles. The van der Waals surface area contributed by atoms with Gasteiger partial charge in [0.2, 0.25) is 5.91 Å². The predicted molar refractivity (Wildman–Crippen MR) is 82.5 cm³/mol. The van der Waals surface area contributed by atoms with Crippen LogP contribution in [0.15, 0.2) is 49.1 Å². The molecule has 2 aromatic rings. The number of carbonyl (C=O) groups excluding carboxylic acids is 1. The quantitative estimate of drug-likeness (QED) is 0.760. The van der Waals surface area contributed by atoms with Crippen LogP contribution >= 0.6 is 0 Å². The summed E-state index contributed by atoms with van der Waals surface area (Å²) in [5.74, 6) is -0.442. The van der Waals surface area contributed by atoms with Crippen LogP contribution in [-0.2, 0) is 22.7 Å². The Kier molecular flexibility index (Phi) is 6.00. The van der Waals surface area contributed by atoms with E-state index in [9.17, 15) is 4.79 Å². The zero-order chi connectivity index (χ0) is 15.8. The van der Waals surface area contributed by atoms with E-state index >= 15 is 0 Å². The van der Waals surface area contributed by atoms with Crippen molar-refractivity contribution in [2.75, 3.05) is 0 Å². The summed E-state index contributed by atoms with van der Waals surface area (Å²) in [5.41, 5.74) is 7.39. The van der Waals surface area contributed by atoms with Gasteiger partial charge in [0.05, 0.1) is 12.7 Å². The van der Waals surface area contributed by atoms with E-state index in [2.05, 4.69) is 15.3 Å². The monoisotopic (exact) mass is 300 g/mol. The number of amides is 1. The molecule has 2 rings (SSSR count). The van der Waals surface area contributed by atoms with Crippen molar-refractivity contribution >= 4 is 5.91 Å². The van der Waals surface area contributed by atoms with Gasteiger partial charge in [0.1, 0.15) is 6.04 Å². The lowest BCUT2D eigenvalue weighted by molar-refractivity contribution is -0.124. The van der Waals surface area contributed by atoms with Crippen LogP contribution in [0.25, 0.3) is 0 Å². The Labute approximate surface area is 129 Å². The first kappa shape index (κ1) is 16.1. The third kappa shape index (κ3) is 4.91. The molecule has 22 heavy (non-hydrogen) atoms. The number of primary amides is 1. The molecule has 0 aliphatic carbocycles. The number of nitrogens with zero attached hydrogens (tertiary/aromatic N) is 2. The van der Waals surface area contributed by atoms with Gasteiger partial charge < -0.3 is 10.5 Å². The van der Waals surface area contributed by atoms with Gasteiger partial charge in [-0.3, -0.25) is 20.1 Å². The molecule has 0 aliphatic heterocycles. The summed E-state index contributed by atoms with van der Waals surface area (Å²) in [6.45, 7) is 2.71. The van der Waals surface area contributed by atoms with Crippen molar-refractivity contribution in [2.24, 2.45) is 5.73 Å². The molecular formula is C16H20N4O2. The summed E-state index contributed by atoms with van der Waals surface area (Å²) >= 11 is 0. The summed E-state index contributed by atoms with van der Waals surface area (Å²) in [6.07, 6.45) is 6.53. The maximum absolute atomic E-state index is 11.6. The molecule has 2 aromatic heterocycles. The Hall–Kier alpha value is -2.31. The molecule has 3 N–H and O–H groups in total. The minimum Gasteiger partial charge on any atom is -0.372 e. The molecule has 2 unspecified atom stereocenters. The Morgan fingerprint density at radius 1 is 1.23 bits per heavy atom. The van der Waals surface area contributed by atoms with Gasteiger partial charge >= 0.3 is 0 Å². The Morgan fingerprint density at radius 3 is 2.41 bits per heavy atom. The van der Waals surface area contributed by atoms with Crippen LogP contribution in [0.5, 0.6) is 0 Å². The summed E-state index contributed by atoms with van der Waals surface area (Å²) in [7, 11) is 0. The molecule has 0 bridgehead atoms. The highest BCUT2D eigenvalue weighted by Gasteiger charge is 2.23. The SMILES string of the molecule is CC(OCc1cccnc1)C(NCc1cccnc1)C(N)=O. The van der Waals surface area contributed by atoms with Crippen molar-refractivity contribution in [1.29, 1.82) is 0 Å². The number of nitrogens with one attached hydrogen (secondary N) is 1. The highest BCUT2D eigenvalue weighted by atomic mass is 16.5. The first-order valence-corrected chi connectivity index (χ1v) is 7.09. The van der Waals surface area contributed by atoms with Crippen LogP contribution in [0.4, 0.5) is 0 Å². The molecular weight excluding hydrogens is 280 g/mol. The lowest BCUT2D eigenvalue weighted by Crippen LogP contribution is -2.49. The minimum atomic E-state index is -0.572. The molecule has 6 heteroatoms. The maximum atomic E-state index is 11.6. The first-order valence-electron chi connectivity index (χ1n) is 7.09. The second kappa shape index (κ2) is 8.21. The van der Waals surface area contributed by atoms with Crippen LogP contribution < -0.4 is 11.1 Å². The van der Waals surface area contributed by atoms with Gasteiger partial charge in [-0.05, 0) is 30.2 Å². The van der Waals surface area contributed by atoms with E-state index in [0.717, 1.165) is 11.1 Å². The third-order valence-corrected chi connectivity index (χ3v) is 3.26. The first-order chi connectivity index (χ1) is 10.7. The van der Waals surface area contributed by atoms with E-state index < -0.39 is 11.9 Å². The summed E-state index contributed by atoms with van der Waals surface area (Å²) < 4.78 is 5.72. The molecule has 0 radical (unpaired) electrons. The van der Waals surface area contributed by atoms with E-state index in [-0.39, 0.29) is 6.10 Å². The third-order valence-electron chi connectivity index (χ3n) is 3.26. The summed E-state index contributed by atoms with van der Waals surface area (Å²) in [4.78, 5) is 19.7. The van der Waals surface area contributed by atoms with Crippen molar-refractivity contribution in [3.05, 3.63) is 60.2 Å². The van der Waals surface area contributed by atoms with Gasteiger partial charge in [0, 0.05) is 31.3 Å². The molecule has 0 saturated carbocycles. The smallest absolute Gasteiger partial charge is 0.237 e. The predicted octanol–water partition coefficient (Wildman–Crippen LogP) is 1.03. The normalized spacial score (nSPS) is 13.5. The van der Waals surface area contributed by atoms with Crippen molar-refractivity contribution in [3.63, 3.8) is 0 Å². The zero-order valence-electron chi connectivity index (χ0n) is 12.5. The average molecular weight is 300 g/mol. The van der Waals surface area contributed by atoms with Crippen LogP contribution in [0.1, 0.15) is 18.1 Å². The number of hydrogen-bond acceptors (Lipinski definition) is 5. The number of nitrogens with two attached hydrogens (primary N) is 1.